The number of hydrogen-bond acceptors (Lipinski definition) is 3. The van der Waals surface area contributed by atoms with Gasteiger partial charge in [-0.25, -0.2) is 4.99 Å². The van der Waals surface area contributed by atoms with Crippen LogP contribution in [0.1, 0.15) is 31.7 Å². The molecular weight excluding hydrogens is 445 g/mol. The maximum atomic E-state index is 5.45. The summed E-state index contributed by atoms with van der Waals surface area (Å²) in [6, 6.07) is 8.66. The number of halogens is 1. The highest BCUT2D eigenvalue weighted by molar-refractivity contribution is 14.0. The molecule has 0 amide bonds. The number of rotatable bonds is 7. The molecule has 1 saturated heterocycles. The maximum Gasteiger partial charge on any atom is 0.193 e. The first-order valence-corrected chi connectivity index (χ1v) is 10.2. The zero-order valence-corrected chi connectivity index (χ0v) is 18.8. The van der Waals surface area contributed by atoms with Crippen LogP contribution in [0.3, 0.4) is 0 Å². The Morgan fingerprint density at radius 3 is 2.56 bits per heavy atom. The molecule has 0 aliphatic carbocycles. The van der Waals surface area contributed by atoms with Crippen molar-refractivity contribution in [3.05, 3.63) is 29.8 Å². The maximum absolute atomic E-state index is 5.45. The smallest absolute Gasteiger partial charge is 0.193 e. The molecule has 6 heteroatoms. The van der Waals surface area contributed by atoms with Crippen molar-refractivity contribution in [2.75, 3.05) is 39.6 Å². The molecule has 1 heterocycles. The largest absolute Gasteiger partial charge is 0.381 e. The quantitative estimate of drug-likeness (QED) is 0.276. The number of benzene rings is 1. The third kappa shape index (κ3) is 8.17. The normalized spacial score (nSPS) is 15.6. The molecule has 0 spiro atoms. The van der Waals surface area contributed by atoms with E-state index in [1.54, 1.807) is 11.8 Å². The van der Waals surface area contributed by atoms with Crippen molar-refractivity contribution in [1.82, 2.24) is 10.2 Å². The van der Waals surface area contributed by atoms with Gasteiger partial charge < -0.3 is 15.0 Å². The van der Waals surface area contributed by atoms with E-state index < -0.39 is 0 Å². The molecule has 4 nitrogen and oxygen atoms in total. The lowest BCUT2D eigenvalue weighted by molar-refractivity contribution is 0.0625. The highest BCUT2D eigenvalue weighted by Crippen LogP contribution is 2.18. The van der Waals surface area contributed by atoms with Crippen molar-refractivity contribution in [2.45, 2.75) is 37.6 Å². The Morgan fingerprint density at radius 2 is 1.96 bits per heavy atom. The minimum atomic E-state index is 0. The molecule has 1 N–H and O–H groups in total. The third-order valence-electron chi connectivity index (χ3n) is 4.48. The average molecular weight is 477 g/mol. The van der Waals surface area contributed by atoms with E-state index in [0.717, 1.165) is 44.7 Å². The standard InChI is InChI=1S/C19H31N3OS.HI/c1-4-20-19(21-15-17-5-7-18(24-3)8-6-17)22(2)12-9-16-10-13-23-14-11-16;/h5-8,16H,4,9-15H2,1-3H3,(H,20,21);1H. The van der Waals surface area contributed by atoms with Crippen LogP contribution in [-0.2, 0) is 11.3 Å². The zero-order valence-electron chi connectivity index (χ0n) is 15.7. The molecule has 1 aliphatic heterocycles. The molecule has 1 aliphatic rings. The summed E-state index contributed by atoms with van der Waals surface area (Å²) in [4.78, 5) is 8.36. The molecule has 142 valence electrons. The molecule has 0 saturated carbocycles. The summed E-state index contributed by atoms with van der Waals surface area (Å²) in [5.41, 5.74) is 1.25. The highest BCUT2D eigenvalue weighted by Gasteiger charge is 2.15. The molecule has 1 aromatic carbocycles. The number of nitrogens with one attached hydrogen (secondary N) is 1. The Labute approximate surface area is 174 Å². The van der Waals surface area contributed by atoms with E-state index in [4.69, 9.17) is 9.73 Å². The van der Waals surface area contributed by atoms with Crippen LogP contribution in [0.5, 0.6) is 0 Å². The molecule has 0 unspecified atom stereocenters. The minimum absolute atomic E-state index is 0. The van der Waals surface area contributed by atoms with Crippen molar-refractivity contribution < 1.29 is 4.74 Å². The molecule has 0 aromatic heterocycles. The second-order valence-electron chi connectivity index (χ2n) is 6.28. The fourth-order valence-electron chi connectivity index (χ4n) is 2.88. The molecular formula is C19H32IN3OS. The monoisotopic (exact) mass is 477 g/mol. The van der Waals surface area contributed by atoms with Crippen LogP contribution in [-0.4, -0.2) is 50.5 Å². The van der Waals surface area contributed by atoms with Crippen LogP contribution in [0.15, 0.2) is 34.2 Å². The number of aliphatic imine (C=N–C) groups is 1. The van der Waals surface area contributed by atoms with Gasteiger partial charge in [-0.15, -0.1) is 35.7 Å². The first-order chi connectivity index (χ1) is 11.7. The van der Waals surface area contributed by atoms with Gasteiger partial charge >= 0.3 is 0 Å². The Bertz CT molecular complexity index is 504. The predicted octanol–water partition coefficient (Wildman–Crippen LogP) is 4.24. The van der Waals surface area contributed by atoms with Crippen LogP contribution in [0.25, 0.3) is 0 Å². The first-order valence-electron chi connectivity index (χ1n) is 8.93. The number of nitrogens with zero attached hydrogens (tertiary/aromatic N) is 2. The average Bonchev–Trinajstić information content (AvgIpc) is 2.64. The number of ether oxygens (including phenoxy) is 1. The Hall–Kier alpha value is -0.470. The van der Waals surface area contributed by atoms with Crippen LogP contribution in [0, 0.1) is 5.92 Å². The third-order valence-corrected chi connectivity index (χ3v) is 5.22. The lowest BCUT2D eigenvalue weighted by Gasteiger charge is -2.26. The van der Waals surface area contributed by atoms with Gasteiger partial charge in [-0.05, 0) is 56.1 Å². The fourth-order valence-corrected chi connectivity index (χ4v) is 3.29. The van der Waals surface area contributed by atoms with Crippen LogP contribution in [0.2, 0.25) is 0 Å². The topological polar surface area (TPSA) is 36.9 Å². The van der Waals surface area contributed by atoms with Gasteiger partial charge in [0.2, 0.25) is 0 Å². The summed E-state index contributed by atoms with van der Waals surface area (Å²) < 4.78 is 5.45. The molecule has 0 atom stereocenters. The summed E-state index contributed by atoms with van der Waals surface area (Å²) in [5, 5.41) is 3.41. The summed E-state index contributed by atoms with van der Waals surface area (Å²) in [6.45, 7) is 6.63. The van der Waals surface area contributed by atoms with Crippen LogP contribution < -0.4 is 5.32 Å². The number of thioether (sulfide) groups is 1. The van der Waals surface area contributed by atoms with Gasteiger partial charge in [-0.2, -0.15) is 0 Å². The molecule has 1 aromatic rings. The second kappa shape index (κ2) is 12.8. The van der Waals surface area contributed by atoms with Gasteiger partial charge in [-0.1, -0.05) is 12.1 Å². The number of hydrogen-bond donors (Lipinski definition) is 1. The van der Waals surface area contributed by atoms with Crippen molar-refractivity contribution in [2.24, 2.45) is 10.9 Å². The Morgan fingerprint density at radius 1 is 1.28 bits per heavy atom. The lowest BCUT2D eigenvalue weighted by atomic mass is 9.96. The van der Waals surface area contributed by atoms with Gasteiger partial charge in [-0.3, -0.25) is 0 Å². The van der Waals surface area contributed by atoms with Crippen LogP contribution in [0.4, 0.5) is 0 Å². The van der Waals surface area contributed by atoms with E-state index in [9.17, 15) is 0 Å². The van der Waals surface area contributed by atoms with Gasteiger partial charge in [0.25, 0.3) is 0 Å². The molecule has 0 bridgehead atoms. The van der Waals surface area contributed by atoms with Gasteiger partial charge in [0.15, 0.2) is 5.96 Å². The van der Waals surface area contributed by atoms with E-state index in [1.165, 1.54) is 29.7 Å². The Balaban J connectivity index is 0.00000312. The Kier molecular flexibility index (Phi) is 11.6. The van der Waals surface area contributed by atoms with Crippen molar-refractivity contribution in [3.8, 4) is 0 Å². The summed E-state index contributed by atoms with van der Waals surface area (Å²) >= 11 is 1.77. The highest BCUT2D eigenvalue weighted by atomic mass is 127. The van der Waals surface area contributed by atoms with Gasteiger partial charge in [0, 0.05) is 38.2 Å². The van der Waals surface area contributed by atoms with Crippen molar-refractivity contribution in [1.29, 1.82) is 0 Å². The lowest BCUT2D eigenvalue weighted by Crippen LogP contribution is -2.40. The molecule has 1 fully saturated rings. The first kappa shape index (κ1) is 22.6. The van der Waals surface area contributed by atoms with E-state index in [-0.39, 0.29) is 24.0 Å². The molecule has 2 rings (SSSR count). The van der Waals surface area contributed by atoms with Gasteiger partial charge in [0.1, 0.15) is 0 Å². The predicted molar refractivity (Wildman–Crippen MR) is 119 cm³/mol. The van der Waals surface area contributed by atoms with E-state index in [2.05, 4.69) is 54.7 Å². The van der Waals surface area contributed by atoms with Crippen molar-refractivity contribution in [3.63, 3.8) is 0 Å². The number of guanidine groups is 1. The van der Waals surface area contributed by atoms with E-state index >= 15 is 0 Å². The van der Waals surface area contributed by atoms with Crippen LogP contribution >= 0.6 is 35.7 Å². The summed E-state index contributed by atoms with van der Waals surface area (Å²) in [7, 11) is 2.14. The zero-order chi connectivity index (χ0) is 17.2. The van der Waals surface area contributed by atoms with E-state index in [0.29, 0.717) is 0 Å². The molecule has 25 heavy (non-hydrogen) atoms. The fraction of sp³-hybridized carbons (Fsp3) is 0.632. The molecule has 0 radical (unpaired) electrons. The SMILES string of the molecule is CCNC(=NCc1ccc(SC)cc1)N(C)CCC1CCOCC1.I. The minimum Gasteiger partial charge on any atom is -0.381 e. The van der Waals surface area contributed by atoms with Crippen molar-refractivity contribution >= 4 is 41.7 Å². The summed E-state index contributed by atoms with van der Waals surface area (Å²) in [6.07, 6.45) is 5.71. The second-order valence-corrected chi connectivity index (χ2v) is 7.16. The van der Waals surface area contributed by atoms with Gasteiger partial charge in [0.05, 0.1) is 6.54 Å². The van der Waals surface area contributed by atoms with E-state index in [1.807, 2.05) is 0 Å². The summed E-state index contributed by atoms with van der Waals surface area (Å²) in [5.74, 6) is 1.79.